The van der Waals surface area contributed by atoms with Crippen molar-refractivity contribution in [3.63, 3.8) is 0 Å². The van der Waals surface area contributed by atoms with Crippen molar-refractivity contribution in [2.45, 2.75) is 20.8 Å². The third-order valence-electron chi connectivity index (χ3n) is 7.24. The zero-order chi connectivity index (χ0) is 33.0. The predicted octanol–water partition coefficient (Wildman–Crippen LogP) is 8.56. The first-order valence-electron chi connectivity index (χ1n) is 15.0. The highest BCUT2D eigenvalue weighted by atomic mass is 16.6. The Morgan fingerprint density at radius 2 is 1.09 bits per heavy atom. The van der Waals surface area contributed by atoms with Crippen LogP contribution in [0.5, 0.6) is 5.88 Å². The Balaban J connectivity index is 1.46. The molecule has 0 bridgehead atoms. The van der Waals surface area contributed by atoms with Crippen LogP contribution < -0.4 is 19.9 Å². The Morgan fingerprint density at radius 1 is 0.638 bits per heavy atom. The first-order valence-corrected chi connectivity index (χ1v) is 15.0. The molecule has 6 rings (SSSR count). The molecule has 0 radical (unpaired) electrons. The number of benzene rings is 4. The topological polar surface area (TPSA) is 110 Å². The molecule has 2 heterocycles. The zero-order valence-corrected chi connectivity index (χ0v) is 26.1. The van der Waals surface area contributed by atoms with Gasteiger partial charge in [-0.3, -0.25) is 19.6 Å². The average Bonchev–Trinajstić information content (AvgIpc) is 3.51. The number of hydrogen-bond donors (Lipinski definition) is 1. The van der Waals surface area contributed by atoms with Gasteiger partial charge in [-0.25, -0.2) is 14.5 Å². The second-order valence-electron chi connectivity index (χ2n) is 11.6. The molecule has 0 unspecified atom stereocenters. The minimum absolute atomic E-state index is 0.120. The SMILES string of the molecule is CC(C)(C)C(=O)Nc1nc(OC(=O)N(c2ccccc2)c2ccccc2)c2ccn(C(=O)N(c3ccccc3)c3ccccc3)c2n1. The smallest absolute Gasteiger partial charge is 0.390 e. The average molecular weight is 625 g/mol. The largest absolute Gasteiger partial charge is 0.425 e. The Bertz CT molecular complexity index is 1950. The third-order valence-corrected chi connectivity index (χ3v) is 7.24. The van der Waals surface area contributed by atoms with Crippen LogP contribution in [-0.2, 0) is 4.79 Å². The molecular weight excluding hydrogens is 592 g/mol. The van der Waals surface area contributed by atoms with Crippen molar-refractivity contribution in [3.8, 4) is 5.88 Å². The number of carbonyl (C=O) groups is 3. The number of ether oxygens (including phenoxy) is 1. The van der Waals surface area contributed by atoms with Crippen molar-refractivity contribution in [3.05, 3.63) is 134 Å². The summed E-state index contributed by atoms with van der Waals surface area (Å²) in [6, 6.07) is 37.7. The summed E-state index contributed by atoms with van der Waals surface area (Å²) in [6.45, 7) is 5.26. The molecule has 6 aromatic rings. The lowest BCUT2D eigenvalue weighted by Gasteiger charge is -2.24. The van der Waals surface area contributed by atoms with Gasteiger partial charge in [0.25, 0.3) is 0 Å². The normalized spacial score (nSPS) is 11.1. The second-order valence-corrected chi connectivity index (χ2v) is 11.6. The Morgan fingerprint density at radius 3 is 1.53 bits per heavy atom. The van der Waals surface area contributed by atoms with Gasteiger partial charge in [-0.15, -0.1) is 0 Å². The summed E-state index contributed by atoms with van der Waals surface area (Å²) in [5, 5.41) is 3.02. The summed E-state index contributed by atoms with van der Waals surface area (Å²) in [5.74, 6) is -0.604. The minimum atomic E-state index is -0.776. The van der Waals surface area contributed by atoms with Crippen molar-refractivity contribution in [1.82, 2.24) is 14.5 Å². The van der Waals surface area contributed by atoms with Gasteiger partial charge in [-0.05, 0) is 54.6 Å². The standard InChI is InChI=1S/C37H32N6O4/c1-37(2,3)33(44)40-34-38-31-30(24-25-41(31)35(45)42(26-16-8-4-9-17-26)27-18-10-5-11-19-27)32(39-34)47-36(46)43(28-20-12-6-13-21-28)29-22-14-7-15-23-29/h4-25H,1-3H3,(H,38,39,40,44). The third kappa shape index (κ3) is 6.57. The first kappa shape index (κ1) is 30.7. The Kier molecular flexibility index (Phi) is 8.48. The fraction of sp³-hybridized carbons (Fsp3) is 0.108. The molecular formula is C37H32N6O4. The van der Waals surface area contributed by atoms with Crippen LogP contribution in [0.25, 0.3) is 11.0 Å². The van der Waals surface area contributed by atoms with Crippen LogP contribution >= 0.6 is 0 Å². The van der Waals surface area contributed by atoms with E-state index in [1.165, 1.54) is 9.47 Å². The number of amides is 3. The fourth-order valence-corrected chi connectivity index (χ4v) is 4.84. The van der Waals surface area contributed by atoms with Crippen molar-refractivity contribution in [2.24, 2.45) is 5.41 Å². The molecule has 0 saturated carbocycles. The number of hydrogen-bond acceptors (Lipinski definition) is 6. The summed E-state index contributed by atoms with van der Waals surface area (Å²) in [6.07, 6.45) is 0.796. The minimum Gasteiger partial charge on any atom is -0.390 e. The van der Waals surface area contributed by atoms with E-state index in [9.17, 15) is 14.4 Å². The van der Waals surface area contributed by atoms with Gasteiger partial charge in [0.2, 0.25) is 17.7 Å². The van der Waals surface area contributed by atoms with E-state index in [-0.39, 0.29) is 23.4 Å². The van der Waals surface area contributed by atoms with E-state index in [1.54, 1.807) is 62.2 Å². The van der Waals surface area contributed by atoms with Crippen molar-refractivity contribution in [1.29, 1.82) is 0 Å². The van der Waals surface area contributed by atoms with Crippen LogP contribution in [0.2, 0.25) is 0 Å². The maximum Gasteiger partial charge on any atom is 0.425 e. The molecule has 0 fully saturated rings. The predicted molar refractivity (Wildman–Crippen MR) is 182 cm³/mol. The van der Waals surface area contributed by atoms with Gasteiger partial charge in [0.1, 0.15) is 0 Å². The van der Waals surface area contributed by atoms with Gasteiger partial charge in [0, 0.05) is 11.6 Å². The molecule has 0 atom stereocenters. The number of anilines is 5. The van der Waals surface area contributed by atoms with Gasteiger partial charge in [0.05, 0.1) is 28.1 Å². The molecule has 10 nitrogen and oxygen atoms in total. The number of aromatic nitrogens is 3. The van der Waals surface area contributed by atoms with E-state index in [2.05, 4.69) is 15.3 Å². The molecule has 234 valence electrons. The van der Waals surface area contributed by atoms with Crippen molar-refractivity contribution >= 4 is 57.8 Å². The lowest BCUT2D eigenvalue weighted by Crippen LogP contribution is -2.31. The Labute approximate surface area is 271 Å². The summed E-state index contributed by atoms with van der Waals surface area (Å²) in [5.41, 5.74) is 1.78. The first-order chi connectivity index (χ1) is 22.7. The number of fused-ring (bicyclic) bond motifs is 1. The quantitative estimate of drug-likeness (QED) is 0.199. The Hall–Kier alpha value is -6.29. The van der Waals surface area contributed by atoms with Gasteiger partial charge in [-0.1, -0.05) is 93.6 Å². The van der Waals surface area contributed by atoms with Gasteiger partial charge in [0.15, 0.2) is 5.65 Å². The summed E-state index contributed by atoms with van der Waals surface area (Å²) >= 11 is 0. The van der Waals surface area contributed by atoms with E-state index in [0.717, 1.165) is 0 Å². The highest BCUT2D eigenvalue weighted by Crippen LogP contribution is 2.32. The van der Waals surface area contributed by atoms with E-state index in [1.807, 2.05) is 97.1 Å². The van der Waals surface area contributed by atoms with Crippen LogP contribution in [0, 0.1) is 5.41 Å². The van der Waals surface area contributed by atoms with E-state index < -0.39 is 17.5 Å². The van der Waals surface area contributed by atoms with Gasteiger partial charge in [-0.2, -0.15) is 9.97 Å². The molecule has 3 amide bonds. The number of para-hydroxylation sites is 4. The number of nitrogens with zero attached hydrogens (tertiary/aromatic N) is 5. The second kappa shape index (κ2) is 13.0. The molecule has 2 aromatic heterocycles. The van der Waals surface area contributed by atoms with E-state index >= 15 is 0 Å². The lowest BCUT2D eigenvalue weighted by molar-refractivity contribution is -0.123. The van der Waals surface area contributed by atoms with Crippen LogP contribution in [0.1, 0.15) is 20.8 Å². The lowest BCUT2D eigenvalue weighted by atomic mass is 9.96. The molecule has 0 aliphatic carbocycles. The molecule has 1 N–H and O–H groups in total. The van der Waals surface area contributed by atoms with Gasteiger partial charge >= 0.3 is 12.1 Å². The molecule has 0 aliphatic rings. The molecule has 0 aliphatic heterocycles. The maximum absolute atomic E-state index is 14.4. The van der Waals surface area contributed by atoms with Crippen LogP contribution in [0.3, 0.4) is 0 Å². The summed E-state index contributed by atoms with van der Waals surface area (Å²) < 4.78 is 7.32. The zero-order valence-electron chi connectivity index (χ0n) is 26.1. The monoisotopic (exact) mass is 624 g/mol. The molecule has 0 saturated heterocycles. The van der Waals surface area contributed by atoms with E-state index in [4.69, 9.17) is 4.74 Å². The highest BCUT2D eigenvalue weighted by Gasteiger charge is 2.28. The number of rotatable bonds is 6. The van der Waals surface area contributed by atoms with Crippen LogP contribution in [-0.4, -0.2) is 32.6 Å². The number of carbonyl (C=O) groups excluding carboxylic acids is 3. The van der Waals surface area contributed by atoms with Crippen LogP contribution in [0.15, 0.2) is 134 Å². The van der Waals surface area contributed by atoms with Crippen molar-refractivity contribution in [2.75, 3.05) is 15.1 Å². The van der Waals surface area contributed by atoms with Crippen molar-refractivity contribution < 1.29 is 19.1 Å². The molecule has 10 heteroatoms. The molecule has 4 aromatic carbocycles. The van der Waals surface area contributed by atoms with E-state index in [0.29, 0.717) is 28.1 Å². The maximum atomic E-state index is 14.4. The molecule has 47 heavy (non-hydrogen) atoms. The highest BCUT2D eigenvalue weighted by molar-refractivity contribution is 6.06. The van der Waals surface area contributed by atoms with Crippen LogP contribution in [0.4, 0.5) is 38.3 Å². The van der Waals surface area contributed by atoms with Gasteiger partial charge < -0.3 is 4.74 Å². The summed E-state index contributed by atoms with van der Waals surface area (Å²) in [4.78, 5) is 53.3. The fourth-order valence-electron chi connectivity index (χ4n) is 4.84. The summed E-state index contributed by atoms with van der Waals surface area (Å²) in [7, 11) is 0. The molecule has 0 spiro atoms. The number of nitrogens with one attached hydrogen (secondary N) is 1.